The Bertz CT molecular complexity index is 1100. The van der Waals surface area contributed by atoms with E-state index in [1.165, 1.54) is 0 Å². The third kappa shape index (κ3) is 3.07. The predicted molar refractivity (Wildman–Crippen MR) is 111 cm³/mol. The van der Waals surface area contributed by atoms with Crippen LogP contribution in [0.4, 0.5) is 0 Å². The number of hydrogen-bond acceptors (Lipinski definition) is 4. The normalized spacial score (nSPS) is 19.1. The number of methoxy groups -OCH3 is 1. The van der Waals surface area contributed by atoms with Gasteiger partial charge in [0.15, 0.2) is 5.65 Å². The summed E-state index contributed by atoms with van der Waals surface area (Å²) in [5, 5.41) is 5.43. The number of aromatic nitrogens is 3. The molecule has 2 fully saturated rings. The molecule has 0 radical (unpaired) electrons. The molecule has 1 aliphatic heterocycles. The predicted octanol–water partition coefficient (Wildman–Crippen LogP) is 4.14. The molecule has 2 aliphatic rings. The zero-order chi connectivity index (χ0) is 20.1. The highest BCUT2D eigenvalue weighted by atomic mass is 16.5. The van der Waals surface area contributed by atoms with Crippen molar-refractivity contribution < 1.29 is 9.53 Å². The number of fused-ring (bicyclic) bond motifs is 1. The van der Waals surface area contributed by atoms with Crippen molar-refractivity contribution in [2.45, 2.75) is 44.6 Å². The molecule has 1 aromatic carbocycles. The molecule has 1 aliphatic carbocycles. The summed E-state index contributed by atoms with van der Waals surface area (Å²) in [6, 6.07) is 10.2. The molecule has 1 atom stereocenters. The molecule has 1 unspecified atom stereocenters. The van der Waals surface area contributed by atoms with Crippen molar-refractivity contribution in [3.8, 4) is 5.75 Å². The maximum atomic E-state index is 13.8. The number of rotatable bonds is 4. The minimum Gasteiger partial charge on any atom is -0.497 e. The lowest BCUT2D eigenvalue weighted by molar-refractivity contribution is 0.0737. The molecule has 0 bridgehead atoms. The van der Waals surface area contributed by atoms with Gasteiger partial charge in [-0.15, -0.1) is 0 Å². The zero-order valence-electron chi connectivity index (χ0n) is 17.2. The summed E-state index contributed by atoms with van der Waals surface area (Å²) >= 11 is 0. The van der Waals surface area contributed by atoms with Crippen molar-refractivity contribution in [2.24, 2.45) is 7.05 Å². The number of carbonyl (C=O) groups is 1. The molecule has 1 saturated heterocycles. The fourth-order valence-corrected chi connectivity index (χ4v) is 4.58. The van der Waals surface area contributed by atoms with Crippen LogP contribution >= 0.6 is 0 Å². The van der Waals surface area contributed by atoms with Crippen LogP contribution in [0.5, 0.6) is 5.75 Å². The first-order valence-electron chi connectivity index (χ1n) is 10.4. The number of nitrogens with zero attached hydrogens (tertiary/aromatic N) is 4. The number of likely N-dealkylation sites (tertiary alicyclic amines) is 1. The second kappa shape index (κ2) is 6.87. The topological polar surface area (TPSA) is 60.2 Å². The van der Waals surface area contributed by atoms with E-state index in [-0.39, 0.29) is 11.9 Å². The molecule has 5 rings (SSSR count). The Morgan fingerprint density at radius 2 is 2.03 bits per heavy atom. The largest absolute Gasteiger partial charge is 0.497 e. The number of aryl methyl sites for hydroxylation is 2. The highest BCUT2D eigenvalue weighted by Gasteiger charge is 2.34. The van der Waals surface area contributed by atoms with Gasteiger partial charge in [0.1, 0.15) is 5.75 Å². The van der Waals surface area contributed by atoms with Crippen molar-refractivity contribution in [1.29, 1.82) is 0 Å². The van der Waals surface area contributed by atoms with E-state index in [0.29, 0.717) is 5.92 Å². The van der Waals surface area contributed by atoms with Gasteiger partial charge in [0.2, 0.25) is 0 Å². The Morgan fingerprint density at radius 3 is 2.79 bits per heavy atom. The third-order valence-corrected chi connectivity index (χ3v) is 6.21. The first-order chi connectivity index (χ1) is 14.1. The summed E-state index contributed by atoms with van der Waals surface area (Å²) in [4.78, 5) is 20.6. The van der Waals surface area contributed by atoms with E-state index in [1.54, 1.807) is 11.8 Å². The van der Waals surface area contributed by atoms with Crippen LogP contribution in [0.3, 0.4) is 0 Å². The second-order valence-electron chi connectivity index (χ2n) is 8.21. The number of ether oxygens (including phenoxy) is 1. The van der Waals surface area contributed by atoms with Gasteiger partial charge in [-0.3, -0.25) is 9.48 Å². The maximum absolute atomic E-state index is 13.8. The average Bonchev–Trinajstić information content (AvgIpc) is 3.40. The SMILES string of the molecule is COc1cccc(C2CCCN2C(=O)c2cc(C3CC3)nc3c2c(C)nn3C)c1. The zero-order valence-corrected chi connectivity index (χ0v) is 17.2. The number of amides is 1. The van der Waals surface area contributed by atoms with Gasteiger partial charge >= 0.3 is 0 Å². The van der Waals surface area contributed by atoms with E-state index >= 15 is 0 Å². The van der Waals surface area contributed by atoms with Crippen molar-refractivity contribution in [1.82, 2.24) is 19.7 Å². The molecule has 0 N–H and O–H groups in total. The molecule has 1 amide bonds. The van der Waals surface area contributed by atoms with Crippen LogP contribution in [0.25, 0.3) is 11.0 Å². The van der Waals surface area contributed by atoms with Crippen LogP contribution in [-0.4, -0.2) is 39.2 Å². The average molecular weight is 390 g/mol. The summed E-state index contributed by atoms with van der Waals surface area (Å²) < 4.78 is 7.20. The molecule has 2 aromatic heterocycles. The monoisotopic (exact) mass is 390 g/mol. The van der Waals surface area contributed by atoms with Gasteiger partial charge in [-0.1, -0.05) is 12.1 Å². The van der Waals surface area contributed by atoms with E-state index in [1.807, 2.05) is 43.1 Å². The van der Waals surface area contributed by atoms with Crippen LogP contribution in [-0.2, 0) is 7.05 Å². The van der Waals surface area contributed by atoms with E-state index in [0.717, 1.165) is 71.5 Å². The van der Waals surface area contributed by atoms with Crippen molar-refractivity contribution in [3.63, 3.8) is 0 Å². The number of pyridine rings is 1. The summed E-state index contributed by atoms with van der Waals surface area (Å²) in [6.45, 7) is 2.73. The lowest BCUT2D eigenvalue weighted by Gasteiger charge is -2.26. The van der Waals surface area contributed by atoms with Crippen LogP contribution in [0.1, 0.15) is 65.0 Å². The van der Waals surface area contributed by atoms with E-state index in [4.69, 9.17) is 9.72 Å². The minimum absolute atomic E-state index is 0.0715. The van der Waals surface area contributed by atoms with E-state index in [9.17, 15) is 4.79 Å². The van der Waals surface area contributed by atoms with E-state index in [2.05, 4.69) is 11.2 Å². The van der Waals surface area contributed by atoms with Gasteiger partial charge in [-0.25, -0.2) is 4.98 Å². The minimum atomic E-state index is 0.0715. The molecule has 150 valence electrons. The maximum Gasteiger partial charge on any atom is 0.255 e. The molecular weight excluding hydrogens is 364 g/mol. The van der Waals surface area contributed by atoms with Gasteiger partial charge in [0.25, 0.3) is 5.91 Å². The molecule has 6 nitrogen and oxygen atoms in total. The van der Waals surface area contributed by atoms with Gasteiger partial charge in [-0.05, 0) is 56.4 Å². The second-order valence-corrected chi connectivity index (χ2v) is 8.21. The van der Waals surface area contributed by atoms with E-state index < -0.39 is 0 Å². The molecule has 0 spiro atoms. The molecule has 29 heavy (non-hydrogen) atoms. The summed E-state index contributed by atoms with van der Waals surface area (Å²) in [5.74, 6) is 1.39. The lowest BCUT2D eigenvalue weighted by atomic mass is 10.0. The third-order valence-electron chi connectivity index (χ3n) is 6.21. The summed E-state index contributed by atoms with van der Waals surface area (Å²) in [6.07, 6.45) is 4.27. The Morgan fingerprint density at radius 1 is 1.21 bits per heavy atom. The Kier molecular flexibility index (Phi) is 4.30. The van der Waals surface area contributed by atoms with Crippen LogP contribution in [0, 0.1) is 6.92 Å². The smallest absolute Gasteiger partial charge is 0.255 e. The van der Waals surface area contributed by atoms with Crippen molar-refractivity contribution in [2.75, 3.05) is 13.7 Å². The molecule has 1 saturated carbocycles. The van der Waals surface area contributed by atoms with Gasteiger partial charge < -0.3 is 9.64 Å². The molecule has 3 aromatic rings. The number of benzene rings is 1. The number of carbonyl (C=O) groups excluding carboxylic acids is 1. The van der Waals surface area contributed by atoms with Crippen LogP contribution in [0.15, 0.2) is 30.3 Å². The summed E-state index contributed by atoms with van der Waals surface area (Å²) in [7, 11) is 3.58. The quantitative estimate of drug-likeness (QED) is 0.672. The van der Waals surface area contributed by atoms with Gasteiger partial charge in [0.05, 0.1) is 29.8 Å². The Labute approximate surface area is 170 Å². The number of hydrogen-bond donors (Lipinski definition) is 0. The first kappa shape index (κ1) is 18.2. The molecule has 6 heteroatoms. The summed E-state index contributed by atoms with van der Waals surface area (Å²) in [5.41, 5.74) is 4.58. The van der Waals surface area contributed by atoms with Gasteiger partial charge in [0, 0.05) is 25.2 Å². The molecular formula is C23H26N4O2. The standard InChI is InChI=1S/C23H26N4O2/c1-14-21-18(13-19(15-9-10-15)24-22(21)26(2)25-14)23(28)27-11-5-8-20(27)16-6-4-7-17(12-16)29-3/h4,6-7,12-13,15,20H,5,8-11H2,1-3H3. The fraction of sp³-hybridized carbons (Fsp3) is 0.435. The fourth-order valence-electron chi connectivity index (χ4n) is 4.58. The van der Waals surface area contributed by atoms with Crippen molar-refractivity contribution in [3.05, 3.63) is 52.8 Å². The lowest BCUT2D eigenvalue weighted by Crippen LogP contribution is -2.31. The Hall–Kier alpha value is -2.89. The first-order valence-corrected chi connectivity index (χ1v) is 10.4. The van der Waals surface area contributed by atoms with Crippen LogP contribution < -0.4 is 4.74 Å². The molecule has 3 heterocycles. The van der Waals surface area contributed by atoms with Gasteiger partial charge in [-0.2, -0.15) is 5.10 Å². The van der Waals surface area contributed by atoms with Crippen LogP contribution in [0.2, 0.25) is 0 Å². The van der Waals surface area contributed by atoms with Crippen molar-refractivity contribution >= 4 is 16.9 Å². The Balaban J connectivity index is 1.58. The highest BCUT2D eigenvalue weighted by molar-refractivity contribution is 6.06. The highest BCUT2D eigenvalue weighted by Crippen LogP contribution is 2.41.